The van der Waals surface area contributed by atoms with E-state index in [0.717, 1.165) is 5.56 Å². The molecule has 0 aliphatic rings. The van der Waals surface area contributed by atoms with Gasteiger partial charge in [0.05, 0.1) is 11.0 Å². The summed E-state index contributed by atoms with van der Waals surface area (Å²) in [6.45, 7) is 0. The van der Waals surface area contributed by atoms with Crippen LogP contribution in [-0.2, 0) is 17.4 Å². The molecule has 0 spiro atoms. The Kier molecular flexibility index (Phi) is 3.37. The molecule has 0 amide bonds. The second-order valence-corrected chi connectivity index (χ2v) is 3.63. The summed E-state index contributed by atoms with van der Waals surface area (Å²) in [5.74, 6) is 0.110. The minimum Gasteiger partial charge on any atom is -0.252 e. The highest BCUT2D eigenvalue weighted by atomic mass is 32.2. The molecule has 1 aromatic rings. The first-order valence-corrected chi connectivity index (χ1v) is 4.94. The molecule has 0 aromatic heterocycles. The zero-order valence-electron chi connectivity index (χ0n) is 6.50. The van der Waals surface area contributed by atoms with Gasteiger partial charge in [-0.15, -0.1) is 0 Å². The van der Waals surface area contributed by atoms with Crippen LogP contribution in [0.5, 0.6) is 0 Å². The SMILES string of the molecule is N[S@](=O)CCc1cccc(F)c1. The number of aryl methyl sites for hydroxylation is 1. The molecule has 0 radical (unpaired) electrons. The van der Waals surface area contributed by atoms with Crippen LogP contribution in [-0.4, -0.2) is 9.96 Å². The Hall–Kier alpha value is -0.740. The molecular formula is C8H10FNOS. The van der Waals surface area contributed by atoms with Gasteiger partial charge >= 0.3 is 0 Å². The van der Waals surface area contributed by atoms with Crippen molar-refractivity contribution in [2.45, 2.75) is 6.42 Å². The Balaban J connectivity index is 2.57. The summed E-state index contributed by atoms with van der Waals surface area (Å²) in [5.41, 5.74) is 0.828. The van der Waals surface area contributed by atoms with E-state index in [1.54, 1.807) is 12.1 Å². The fraction of sp³-hybridized carbons (Fsp3) is 0.250. The van der Waals surface area contributed by atoms with E-state index in [1.807, 2.05) is 0 Å². The van der Waals surface area contributed by atoms with Gasteiger partial charge in [-0.1, -0.05) is 12.1 Å². The number of rotatable bonds is 3. The number of nitrogens with two attached hydrogens (primary N) is 1. The summed E-state index contributed by atoms with van der Waals surface area (Å²) in [6.07, 6.45) is 0.556. The molecule has 2 N–H and O–H groups in total. The molecule has 1 rings (SSSR count). The largest absolute Gasteiger partial charge is 0.252 e. The first-order chi connectivity index (χ1) is 5.68. The van der Waals surface area contributed by atoms with Crippen molar-refractivity contribution in [2.24, 2.45) is 5.14 Å². The molecule has 66 valence electrons. The molecule has 0 heterocycles. The highest BCUT2D eigenvalue weighted by molar-refractivity contribution is 7.82. The molecule has 1 atom stereocenters. The summed E-state index contributed by atoms with van der Waals surface area (Å²) >= 11 is 0. The van der Waals surface area contributed by atoms with Crippen molar-refractivity contribution >= 4 is 11.0 Å². The van der Waals surface area contributed by atoms with Gasteiger partial charge in [0.15, 0.2) is 0 Å². The third kappa shape index (κ3) is 3.11. The van der Waals surface area contributed by atoms with E-state index in [9.17, 15) is 8.60 Å². The van der Waals surface area contributed by atoms with Gasteiger partial charge in [-0.05, 0) is 24.1 Å². The molecular weight excluding hydrogens is 177 g/mol. The standard InChI is InChI=1S/C8H10FNOS/c9-8-3-1-2-7(6-8)4-5-12(10)11/h1-3,6H,4-5,10H2/t12-/m1/s1. The van der Waals surface area contributed by atoms with Gasteiger partial charge in [-0.3, -0.25) is 5.14 Å². The highest BCUT2D eigenvalue weighted by Gasteiger charge is 1.96. The maximum absolute atomic E-state index is 12.6. The minimum absolute atomic E-state index is 0.268. The van der Waals surface area contributed by atoms with Crippen molar-refractivity contribution in [3.63, 3.8) is 0 Å². The second-order valence-electron chi connectivity index (χ2n) is 2.46. The molecule has 0 aliphatic heterocycles. The quantitative estimate of drug-likeness (QED) is 0.753. The smallest absolute Gasteiger partial charge is 0.123 e. The number of halogens is 1. The highest BCUT2D eigenvalue weighted by Crippen LogP contribution is 2.03. The third-order valence-electron chi connectivity index (χ3n) is 1.48. The summed E-state index contributed by atoms with van der Waals surface area (Å²) in [7, 11) is -1.30. The van der Waals surface area contributed by atoms with E-state index in [0.29, 0.717) is 12.2 Å². The van der Waals surface area contributed by atoms with Crippen molar-refractivity contribution in [1.82, 2.24) is 0 Å². The molecule has 0 saturated carbocycles. The van der Waals surface area contributed by atoms with Crippen molar-refractivity contribution in [3.05, 3.63) is 35.6 Å². The summed E-state index contributed by atoms with van der Waals surface area (Å²) in [4.78, 5) is 0. The van der Waals surface area contributed by atoms with E-state index >= 15 is 0 Å². The number of benzene rings is 1. The predicted molar refractivity (Wildman–Crippen MR) is 47.3 cm³/mol. The van der Waals surface area contributed by atoms with E-state index in [4.69, 9.17) is 5.14 Å². The lowest BCUT2D eigenvalue weighted by Gasteiger charge is -1.98. The van der Waals surface area contributed by atoms with E-state index in [-0.39, 0.29) is 5.82 Å². The normalized spacial score (nSPS) is 12.8. The van der Waals surface area contributed by atoms with Gasteiger partial charge in [0.2, 0.25) is 0 Å². The summed E-state index contributed by atoms with van der Waals surface area (Å²) in [5, 5.41) is 5.06. The molecule has 0 saturated heterocycles. The lowest BCUT2D eigenvalue weighted by atomic mass is 10.2. The Bertz CT molecular complexity index is 290. The maximum atomic E-state index is 12.6. The fourth-order valence-electron chi connectivity index (χ4n) is 0.911. The minimum atomic E-state index is -1.30. The Morgan fingerprint density at radius 2 is 2.25 bits per heavy atom. The molecule has 0 unspecified atom stereocenters. The average Bonchev–Trinajstić information content (AvgIpc) is 2.01. The Morgan fingerprint density at radius 3 is 2.83 bits per heavy atom. The van der Waals surface area contributed by atoms with Crippen LogP contribution in [0.3, 0.4) is 0 Å². The zero-order valence-corrected chi connectivity index (χ0v) is 7.31. The van der Waals surface area contributed by atoms with Crippen LogP contribution in [0.2, 0.25) is 0 Å². The van der Waals surface area contributed by atoms with Gasteiger partial charge in [-0.2, -0.15) is 0 Å². The average molecular weight is 187 g/mol. The van der Waals surface area contributed by atoms with Crippen LogP contribution >= 0.6 is 0 Å². The van der Waals surface area contributed by atoms with Crippen molar-refractivity contribution in [1.29, 1.82) is 0 Å². The van der Waals surface area contributed by atoms with Crippen LogP contribution in [0.25, 0.3) is 0 Å². The monoisotopic (exact) mass is 187 g/mol. The van der Waals surface area contributed by atoms with Crippen LogP contribution in [0.15, 0.2) is 24.3 Å². The summed E-state index contributed by atoms with van der Waals surface area (Å²) < 4.78 is 23.1. The van der Waals surface area contributed by atoms with Gasteiger partial charge < -0.3 is 0 Å². The van der Waals surface area contributed by atoms with E-state index in [1.165, 1.54) is 12.1 Å². The molecule has 0 fully saturated rings. The third-order valence-corrected chi connectivity index (χ3v) is 2.09. The molecule has 4 heteroatoms. The molecule has 2 nitrogen and oxygen atoms in total. The lowest BCUT2D eigenvalue weighted by Crippen LogP contribution is -2.09. The van der Waals surface area contributed by atoms with Crippen molar-refractivity contribution < 1.29 is 8.60 Å². The van der Waals surface area contributed by atoms with Gasteiger partial charge in [0.1, 0.15) is 5.82 Å². The van der Waals surface area contributed by atoms with Gasteiger partial charge in [-0.25, -0.2) is 8.60 Å². The van der Waals surface area contributed by atoms with Gasteiger partial charge in [0.25, 0.3) is 0 Å². The van der Waals surface area contributed by atoms with Gasteiger partial charge in [0, 0.05) is 5.75 Å². The lowest BCUT2D eigenvalue weighted by molar-refractivity contribution is 0.625. The Labute approximate surface area is 73.2 Å². The van der Waals surface area contributed by atoms with Crippen LogP contribution in [0, 0.1) is 5.82 Å². The van der Waals surface area contributed by atoms with E-state index in [2.05, 4.69) is 0 Å². The van der Waals surface area contributed by atoms with Crippen LogP contribution < -0.4 is 5.14 Å². The summed E-state index contributed by atoms with van der Waals surface area (Å²) in [6, 6.07) is 6.22. The topological polar surface area (TPSA) is 43.1 Å². The molecule has 0 bridgehead atoms. The molecule has 12 heavy (non-hydrogen) atoms. The molecule has 1 aromatic carbocycles. The van der Waals surface area contributed by atoms with Crippen molar-refractivity contribution in [3.8, 4) is 0 Å². The number of hydrogen-bond donors (Lipinski definition) is 1. The van der Waals surface area contributed by atoms with Crippen LogP contribution in [0.4, 0.5) is 4.39 Å². The zero-order chi connectivity index (χ0) is 8.97. The van der Waals surface area contributed by atoms with Crippen molar-refractivity contribution in [2.75, 3.05) is 5.75 Å². The number of hydrogen-bond acceptors (Lipinski definition) is 1. The Morgan fingerprint density at radius 1 is 1.50 bits per heavy atom. The maximum Gasteiger partial charge on any atom is 0.123 e. The van der Waals surface area contributed by atoms with Crippen LogP contribution in [0.1, 0.15) is 5.56 Å². The van der Waals surface area contributed by atoms with E-state index < -0.39 is 11.0 Å². The second kappa shape index (κ2) is 4.33. The predicted octanol–water partition coefficient (Wildman–Crippen LogP) is 0.991. The first kappa shape index (κ1) is 9.35. The molecule has 0 aliphatic carbocycles. The fourth-order valence-corrected chi connectivity index (χ4v) is 1.35. The first-order valence-electron chi connectivity index (χ1n) is 3.55.